The first kappa shape index (κ1) is 12.5. The maximum atomic E-state index is 9.58. The topological polar surface area (TPSA) is 82.4 Å². The van der Waals surface area contributed by atoms with E-state index in [2.05, 4.69) is 11.6 Å². The summed E-state index contributed by atoms with van der Waals surface area (Å²) in [5.41, 5.74) is 7.12. The molecule has 0 radical (unpaired) electrons. The number of allylic oxidation sites excluding steroid dienone is 2. The average Bonchev–Trinajstić information content (AvgIpc) is 2.29. The van der Waals surface area contributed by atoms with Gasteiger partial charge in [-0.1, -0.05) is 18.7 Å². The molecule has 0 bridgehead atoms. The number of nitrogens with zero attached hydrogens (tertiary/aromatic N) is 2. The summed E-state index contributed by atoms with van der Waals surface area (Å²) in [6.45, 7) is 5.30. The molecular formula is C13H13N3O. The zero-order chi connectivity index (χ0) is 12.8. The van der Waals surface area contributed by atoms with Gasteiger partial charge >= 0.3 is 0 Å². The quantitative estimate of drug-likeness (QED) is 0.776. The van der Waals surface area contributed by atoms with Crippen LogP contribution in [0.15, 0.2) is 41.7 Å². The van der Waals surface area contributed by atoms with Crippen molar-refractivity contribution < 1.29 is 5.11 Å². The van der Waals surface area contributed by atoms with Crippen LogP contribution < -0.4 is 5.73 Å². The molecule has 1 aromatic rings. The number of hydrogen-bond acceptors (Lipinski definition) is 4. The maximum absolute atomic E-state index is 9.58. The fraction of sp³-hybridized carbons (Fsp3) is 0.0769. The van der Waals surface area contributed by atoms with E-state index >= 15 is 0 Å². The largest absolute Gasteiger partial charge is 0.507 e. The van der Waals surface area contributed by atoms with E-state index < -0.39 is 0 Å². The molecule has 0 fully saturated rings. The normalized spacial score (nSPS) is 11.4. The van der Waals surface area contributed by atoms with Crippen LogP contribution in [0, 0.1) is 11.3 Å². The van der Waals surface area contributed by atoms with Crippen molar-refractivity contribution in [2.75, 3.05) is 0 Å². The van der Waals surface area contributed by atoms with Crippen molar-refractivity contribution in [2.45, 2.75) is 6.92 Å². The Morgan fingerprint density at radius 1 is 1.59 bits per heavy atom. The van der Waals surface area contributed by atoms with Crippen molar-refractivity contribution in [1.29, 1.82) is 5.26 Å². The SMILES string of the molecule is C=C(N)N=C/C(=C\C)c1ccc(C#N)c(O)c1. The standard InChI is InChI=1S/C13H13N3O/c1-3-10(8-16-9(2)15)11-4-5-12(7-14)13(17)6-11/h3-6,8,17H,2,15H2,1H3/b10-3+,16-8?. The molecule has 0 spiro atoms. The number of phenolic OH excluding ortho intramolecular Hbond substituents is 1. The van der Waals surface area contributed by atoms with Crippen molar-refractivity contribution in [1.82, 2.24) is 0 Å². The summed E-state index contributed by atoms with van der Waals surface area (Å²) < 4.78 is 0. The van der Waals surface area contributed by atoms with Crippen molar-refractivity contribution in [3.05, 3.63) is 47.8 Å². The van der Waals surface area contributed by atoms with Gasteiger partial charge in [0.15, 0.2) is 0 Å². The molecule has 0 amide bonds. The van der Waals surface area contributed by atoms with Gasteiger partial charge in [-0.15, -0.1) is 0 Å². The first-order chi connectivity index (χ1) is 8.08. The third-order valence-corrected chi connectivity index (χ3v) is 2.13. The molecule has 1 rings (SSSR count). The summed E-state index contributed by atoms with van der Waals surface area (Å²) in [5, 5.41) is 18.3. The Morgan fingerprint density at radius 3 is 2.76 bits per heavy atom. The highest BCUT2D eigenvalue weighted by Gasteiger charge is 2.03. The van der Waals surface area contributed by atoms with Gasteiger partial charge in [-0.3, -0.25) is 0 Å². The summed E-state index contributed by atoms with van der Waals surface area (Å²) in [4.78, 5) is 3.89. The molecule has 0 heterocycles. The smallest absolute Gasteiger partial charge is 0.133 e. The Bertz CT molecular complexity index is 536. The fourth-order valence-electron chi connectivity index (χ4n) is 1.27. The van der Waals surface area contributed by atoms with Gasteiger partial charge in [0.1, 0.15) is 17.6 Å². The van der Waals surface area contributed by atoms with Crippen LogP contribution in [-0.4, -0.2) is 11.3 Å². The van der Waals surface area contributed by atoms with E-state index in [1.165, 1.54) is 6.07 Å². The third kappa shape index (κ3) is 3.21. The second kappa shape index (κ2) is 5.52. The highest BCUT2D eigenvalue weighted by atomic mass is 16.3. The zero-order valence-electron chi connectivity index (χ0n) is 9.51. The number of phenols is 1. The van der Waals surface area contributed by atoms with Crippen LogP contribution in [-0.2, 0) is 0 Å². The average molecular weight is 227 g/mol. The summed E-state index contributed by atoms with van der Waals surface area (Å²) >= 11 is 0. The number of hydrogen-bond donors (Lipinski definition) is 2. The molecule has 86 valence electrons. The molecule has 0 aromatic heterocycles. The number of aliphatic imine (C=N–C) groups is 1. The third-order valence-electron chi connectivity index (χ3n) is 2.13. The molecule has 0 atom stereocenters. The van der Waals surface area contributed by atoms with Gasteiger partial charge in [0.25, 0.3) is 0 Å². The minimum atomic E-state index is -0.0516. The predicted molar refractivity (Wildman–Crippen MR) is 68.3 cm³/mol. The zero-order valence-corrected chi connectivity index (χ0v) is 9.51. The Labute approximate surface area is 100 Å². The van der Waals surface area contributed by atoms with Gasteiger partial charge in [-0.2, -0.15) is 5.26 Å². The number of nitrogens with two attached hydrogens (primary N) is 1. The lowest BCUT2D eigenvalue weighted by molar-refractivity contribution is 0.473. The van der Waals surface area contributed by atoms with E-state index in [9.17, 15) is 5.11 Å². The first-order valence-corrected chi connectivity index (χ1v) is 4.96. The van der Waals surface area contributed by atoms with Crippen molar-refractivity contribution >= 4 is 11.8 Å². The second-order valence-electron chi connectivity index (χ2n) is 3.34. The van der Waals surface area contributed by atoms with Crippen LogP contribution in [0.4, 0.5) is 0 Å². The highest BCUT2D eigenvalue weighted by Crippen LogP contribution is 2.22. The number of aromatic hydroxyl groups is 1. The van der Waals surface area contributed by atoms with Gasteiger partial charge in [-0.05, 0) is 30.2 Å². The number of rotatable bonds is 3. The van der Waals surface area contributed by atoms with E-state index in [4.69, 9.17) is 11.0 Å². The number of benzene rings is 1. The van der Waals surface area contributed by atoms with Crippen LogP contribution in [0.2, 0.25) is 0 Å². The molecule has 4 nitrogen and oxygen atoms in total. The minimum Gasteiger partial charge on any atom is -0.507 e. The molecule has 0 aliphatic carbocycles. The molecule has 0 unspecified atom stereocenters. The van der Waals surface area contributed by atoms with E-state index in [1.54, 1.807) is 18.3 Å². The molecule has 0 aliphatic rings. The molecule has 17 heavy (non-hydrogen) atoms. The summed E-state index contributed by atoms with van der Waals surface area (Å²) in [7, 11) is 0. The molecule has 0 aliphatic heterocycles. The molecule has 4 heteroatoms. The fourth-order valence-corrected chi connectivity index (χ4v) is 1.27. The highest BCUT2D eigenvalue weighted by molar-refractivity contribution is 6.10. The first-order valence-electron chi connectivity index (χ1n) is 4.96. The Kier molecular flexibility index (Phi) is 4.07. The number of nitriles is 1. The van der Waals surface area contributed by atoms with Crippen molar-refractivity contribution in [2.24, 2.45) is 10.7 Å². The summed E-state index contributed by atoms with van der Waals surface area (Å²) in [5.74, 6) is 0.159. The van der Waals surface area contributed by atoms with Gasteiger partial charge in [0, 0.05) is 6.21 Å². The van der Waals surface area contributed by atoms with Crippen LogP contribution in [0.25, 0.3) is 5.57 Å². The van der Waals surface area contributed by atoms with E-state index in [0.29, 0.717) is 0 Å². The maximum Gasteiger partial charge on any atom is 0.133 e. The van der Waals surface area contributed by atoms with Crippen LogP contribution in [0.1, 0.15) is 18.1 Å². The Balaban J connectivity index is 3.11. The molecule has 3 N–H and O–H groups in total. The van der Waals surface area contributed by atoms with Gasteiger partial charge in [0.2, 0.25) is 0 Å². The van der Waals surface area contributed by atoms with E-state index in [0.717, 1.165) is 11.1 Å². The van der Waals surface area contributed by atoms with E-state index in [-0.39, 0.29) is 17.1 Å². The van der Waals surface area contributed by atoms with Crippen LogP contribution >= 0.6 is 0 Å². The monoisotopic (exact) mass is 227 g/mol. The molecular weight excluding hydrogens is 214 g/mol. The molecule has 1 aromatic carbocycles. The van der Waals surface area contributed by atoms with E-state index in [1.807, 2.05) is 19.1 Å². The summed E-state index contributed by atoms with van der Waals surface area (Å²) in [6, 6.07) is 6.70. The second-order valence-corrected chi connectivity index (χ2v) is 3.34. The van der Waals surface area contributed by atoms with Crippen molar-refractivity contribution in [3.8, 4) is 11.8 Å². The lowest BCUT2D eigenvalue weighted by atomic mass is 10.0. The Morgan fingerprint density at radius 2 is 2.29 bits per heavy atom. The minimum absolute atomic E-state index is 0.0516. The van der Waals surface area contributed by atoms with Crippen molar-refractivity contribution in [3.63, 3.8) is 0 Å². The Hall–Kier alpha value is -2.54. The molecule has 0 saturated heterocycles. The lowest BCUT2D eigenvalue weighted by Crippen LogP contribution is -1.93. The van der Waals surface area contributed by atoms with Gasteiger partial charge in [-0.25, -0.2) is 4.99 Å². The molecule has 0 saturated carbocycles. The van der Waals surface area contributed by atoms with Gasteiger partial charge in [0.05, 0.1) is 5.56 Å². The van der Waals surface area contributed by atoms with Gasteiger partial charge < -0.3 is 10.8 Å². The lowest BCUT2D eigenvalue weighted by Gasteiger charge is -2.03. The van der Waals surface area contributed by atoms with Crippen LogP contribution in [0.5, 0.6) is 5.75 Å². The van der Waals surface area contributed by atoms with Crippen LogP contribution in [0.3, 0.4) is 0 Å². The predicted octanol–water partition coefficient (Wildman–Crippen LogP) is 2.17. The summed E-state index contributed by atoms with van der Waals surface area (Å²) in [6.07, 6.45) is 3.39.